The van der Waals surface area contributed by atoms with Crippen molar-refractivity contribution in [3.63, 3.8) is 0 Å². The Balaban J connectivity index is 4.52. The monoisotopic (exact) mass is 210 g/mol. The van der Waals surface area contributed by atoms with Crippen molar-refractivity contribution in [2.24, 2.45) is 29.6 Å². The molecule has 4 atom stereocenters. The third kappa shape index (κ3) is 4.21. The van der Waals surface area contributed by atoms with Gasteiger partial charge in [0.05, 0.1) is 0 Å². The number of rotatable bonds is 6. The second kappa shape index (κ2) is 6.61. The van der Waals surface area contributed by atoms with Gasteiger partial charge in [0.2, 0.25) is 0 Å². The maximum absolute atomic E-state index is 2.46. The normalized spacial score (nSPS) is 20.1. The first kappa shape index (κ1) is 15.1. The van der Waals surface area contributed by atoms with Gasteiger partial charge in [-0.2, -0.15) is 0 Å². The molecule has 0 aromatic carbocycles. The van der Waals surface area contributed by atoms with E-state index in [9.17, 15) is 0 Å². The molecule has 0 fully saturated rings. The minimum Gasteiger partial charge on any atom is -0.0891 e. The molecule has 1 heteroatoms. The maximum atomic E-state index is 2.46. The van der Waals surface area contributed by atoms with Crippen LogP contribution in [0.3, 0.4) is 0 Å². The highest BCUT2D eigenvalue weighted by atomic mass is 14.3. The summed E-state index contributed by atoms with van der Waals surface area (Å²) in [5, 5.41) is 0. The molecule has 90 valence electrons. The lowest BCUT2D eigenvalue weighted by molar-refractivity contribution is 0.228. The van der Waals surface area contributed by atoms with E-state index in [1.807, 2.05) is 0 Å². The molecule has 0 aliphatic heterocycles. The molecule has 4 unspecified atom stereocenters. The van der Waals surface area contributed by atoms with Gasteiger partial charge in [-0.25, -0.2) is 0 Å². The Morgan fingerprint density at radius 2 is 1.00 bits per heavy atom. The molecule has 0 radical (unpaired) electrons. The first-order valence-corrected chi connectivity index (χ1v) is 6.82. The molecular weight excluding hydrogens is 179 g/mol. The third-order valence-electron chi connectivity index (χ3n) is 4.75. The smallest absolute Gasteiger partial charge is 0.0891 e. The van der Waals surface area contributed by atoms with Gasteiger partial charge in [-0.15, -0.1) is 0 Å². The summed E-state index contributed by atoms with van der Waals surface area (Å²) in [4.78, 5) is 0. The van der Waals surface area contributed by atoms with Crippen molar-refractivity contribution >= 4 is 7.28 Å². The standard InChI is InChI=1S/C14H31B/c1-9(2)11(5)13(7)14(15-8)12(6)10(3)4/h9-15H,1-8H3. The molecule has 0 rings (SSSR count). The van der Waals surface area contributed by atoms with E-state index in [0.717, 1.165) is 35.4 Å². The topological polar surface area (TPSA) is 0 Å². The Hall–Kier alpha value is 0.0649. The summed E-state index contributed by atoms with van der Waals surface area (Å²) in [5.74, 6) is 5.07. The predicted molar refractivity (Wildman–Crippen MR) is 73.9 cm³/mol. The van der Waals surface area contributed by atoms with E-state index in [-0.39, 0.29) is 0 Å². The summed E-state index contributed by atoms with van der Waals surface area (Å²) < 4.78 is 0. The van der Waals surface area contributed by atoms with Gasteiger partial charge in [0.15, 0.2) is 0 Å². The van der Waals surface area contributed by atoms with Gasteiger partial charge in [0.25, 0.3) is 0 Å². The Bertz CT molecular complexity index is 163. The first-order chi connectivity index (χ1) is 6.82. The van der Waals surface area contributed by atoms with Crippen LogP contribution in [-0.2, 0) is 0 Å². The molecule has 0 aromatic heterocycles. The minimum absolute atomic E-state index is 0.813. The summed E-state index contributed by atoms with van der Waals surface area (Å²) in [6.45, 7) is 19.1. The van der Waals surface area contributed by atoms with Crippen LogP contribution in [-0.4, -0.2) is 7.28 Å². The summed E-state index contributed by atoms with van der Waals surface area (Å²) in [6, 6.07) is 0. The molecule has 0 saturated carbocycles. The zero-order chi connectivity index (χ0) is 12.2. The van der Waals surface area contributed by atoms with E-state index in [1.165, 1.54) is 7.28 Å². The van der Waals surface area contributed by atoms with Gasteiger partial charge in [0.1, 0.15) is 7.28 Å². The second-order valence-electron chi connectivity index (χ2n) is 6.14. The van der Waals surface area contributed by atoms with E-state index in [4.69, 9.17) is 0 Å². The van der Waals surface area contributed by atoms with Gasteiger partial charge >= 0.3 is 0 Å². The number of hydrogen-bond donors (Lipinski definition) is 0. The summed E-state index contributed by atoms with van der Waals surface area (Å²) in [6.07, 6.45) is 0. The molecule has 0 spiro atoms. The Morgan fingerprint density at radius 1 is 0.600 bits per heavy atom. The molecule has 0 bridgehead atoms. The van der Waals surface area contributed by atoms with Crippen LogP contribution in [0.15, 0.2) is 0 Å². The Kier molecular flexibility index (Phi) is 6.63. The van der Waals surface area contributed by atoms with Crippen LogP contribution in [0, 0.1) is 29.6 Å². The molecule has 0 heterocycles. The minimum atomic E-state index is 0.813. The maximum Gasteiger partial charge on any atom is 0.121 e. The largest absolute Gasteiger partial charge is 0.121 e. The van der Waals surface area contributed by atoms with E-state index in [1.54, 1.807) is 0 Å². The Labute approximate surface area is 98.5 Å². The van der Waals surface area contributed by atoms with E-state index in [0.29, 0.717) is 0 Å². The van der Waals surface area contributed by atoms with Crippen molar-refractivity contribution in [3.8, 4) is 0 Å². The van der Waals surface area contributed by atoms with Crippen molar-refractivity contribution < 1.29 is 0 Å². The van der Waals surface area contributed by atoms with Crippen molar-refractivity contribution in [3.05, 3.63) is 0 Å². The molecule has 0 nitrogen and oxygen atoms in total. The lowest BCUT2D eigenvalue weighted by Gasteiger charge is -2.36. The number of hydrogen-bond acceptors (Lipinski definition) is 0. The van der Waals surface area contributed by atoms with Crippen molar-refractivity contribution in [1.82, 2.24) is 0 Å². The molecule has 0 aliphatic rings. The molecule has 0 aliphatic carbocycles. The van der Waals surface area contributed by atoms with E-state index >= 15 is 0 Å². The lowest BCUT2D eigenvalue weighted by Crippen LogP contribution is -2.28. The highest BCUT2D eigenvalue weighted by Crippen LogP contribution is 2.37. The molecule has 0 amide bonds. The van der Waals surface area contributed by atoms with Crippen LogP contribution < -0.4 is 0 Å². The van der Waals surface area contributed by atoms with Gasteiger partial charge in [0, 0.05) is 0 Å². The first-order valence-electron chi connectivity index (χ1n) is 6.82. The van der Waals surface area contributed by atoms with Crippen LogP contribution in [0.1, 0.15) is 48.5 Å². The second-order valence-corrected chi connectivity index (χ2v) is 6.14. The fraction of sp³-hybridized carbons (Fsp3) is 1.00. The fourth-order valence-electron chi connectivity index (χ4n) is 2.71. The van der Waals surface area contributed by atoms with Gasteiger partial charge < -0.3 is 0 Å². The highest BCUT2D eigenvalue weighted by Gasteiger charge is 2.29. The van der Waals surface area contributed by atoms with E-state index in [2.05, 4.69) is 55.3 Å². The van der Waals surface area contributed by atoms with Crippen molar-refractivity contribution in [1.29, 1.82) is 0 Å². The third-order valence-corrected chi connectivity index (χ3v) is 4.75. The lowest BCUT2D eigenvalue weighted by atomic mass is 9.52. The predicted octanol–water partition coefficient (Wildman–Crippen LogP) is 4.48. The average molecular weight is 210 g/mol. The summed E-state index contributed by atoms with van der Waals surface area (Å²) in [7, 11) is 1.33. The van der Waals surface area contributed by atoms with E-state index < -0.39 is 0 Å². The zero-order valence-corrected chi connectivity index (χ0v) is 12.2. The van der Waals surface area contributed by atoms with Crippen LogP contribution in [0.2, 0.25) is 12.6 Å². The van der Waals surface area contributed by atoms with Crippen molar-refractivity contribution in [2.75, 3.05) is 0 Å². The summed E-state index contributed by atoms with van der Waals surface area (Å²) >= 11 is 0. The molecule has 0 saturated heterocycles. The molecular formula is C14H31B. The Morgan fingerprint density at radius 3 is 1.27 bits per heavy atom. The quantitative estimate of drug-likeness (QED) is 0.567. The molecule has 0 N–H and O–H groups in total. The fourth-order valence-corrected chi connectivity index (χ4v) is 2.71. The zero-order valence-electron chi connectivity index (χ0n) is 12.2. The van der Waals surface area contributed by atoms with Crippen LogP contribution >= 0.6 is 0 Å². The van der Waals surface area contributed by atoms with Gasteiger partial charge in [-0.3, -0.25) is 0 Å². The van der Waals surface area contributed by atoms with Gasteiger partial charge in [-0.05, 0) is 29.6 Å². The van der Waals surface area contributed by atoms with Crippen molar-refractivity contribution in [2.45, 2.75) is 61.1 Å². The van der Waals surface area contributed by atoms with Gasteiger partial charge in [-0.1, -0.05) is 61.1 Å². The average Bonchev–Trinajstić information content (AvgIpc) is 2.16. The highest BCUT2D eigenvalue weighted by molar-refractivity contribution is 6.35. The van der Waals surface area contributed by atoms with Crippen LogP contribution in [0.25, 0.3) is 0 Å². The molecule has 0 aromatic rings. The van der Waals surface area contributed by atoms with Crippen LogP contribution in [0.5, 0.6) is 0 Å². The SMILES string of the molecule is CBC(C(C)C(C)C)C(C)C(C)C(C)C. The summed E-state index contributed by atoms with van der Waals surface area (Å²) in [5.41, 5.74) is 0. The molecule has 15 heavy (non-hydrogen) atoms. The van der Waals surface area contributed by atoms with Crippen LogP contribution in [0.4, 0.5) is 0 Å².